The fourth-order valence-corrected chi connectivity index (χ4v) is 3.55. The summed E-state index contributed by atoms with van der Waals surface area (Å²) in [4.78, 5) is 18.2. The van der Waals surface area contributed by atoms with Crippen LogP contribution in [0, 0.1) is 0 Å². The van der Waals surface area contributed by atoms with Crippen molar-refractivity contribution in [1.29, 1.82) is 0 Å². The fraction of sp³-hybridized carbons (Fsp3) is 0.500. The Balaban J connectivity index is 1.63. The van der Waals surface area contributed by atoms with E-state index in [-0.39, 0.29) is 6.04 Å². The van der Waals surface area contributed by atoms with E-state index in [1.54, 1.807) is 12.4 Å². The predicted octanol–water partition coefficient (Wildman–Crippen LogP) is 2.85. The summed E-state index contributed by atoms with van der Waals surface area (Å²) in [6, 6.07) is 0.187. The van der Waals surface area contributed by atoms with Gasteiger partial charge in [0.25, 0.3) is 0 Å². The van der Waals surface area contributed by atoms with Gasteiger partial charge in [-0.3, -0.25) is 14.6 Å². The van der Waals surface area contributed by atoms with Crippen LogP contribution in [0.3, 0.4) is 0 Å². The minimum Gasteiger partial charge on any atom is -0.367 e. The van der Waals surface area contributed by atoms with Crippen molar-refractivity contribution in [3.8, 4) is 0 Å². The molecule has 130 valence electrons. The van der Waals surface area contributed by atoms with Gasteiger partial charge >= 0.3 is 0 Å². The Bertz CT molecular complexity index is 852. The first-order chi connectivity index (χ1) is 12.2. The first kappa shape index (κ1) is 15.9. The summed E-state index contributed by atoms with van der Waals surface area (Å²) in [6.07, 6.45) is 12.7. The molecule has 1 N–H and O–H groups in total. The molecule has 1 atom stereocenters. The Morgan fingerprint density at radius 2 is 2.04 bits per heavy atom. The van der Waals surface area contributed by atoms with E-state index < -0.39 is 0 Å². The summed E-state index contributed by atoms with van der Waals surface area (Å²) in [5.74, 6) is 2.29. The second-order valence-corrected chi connectivity index (χ2v) is 6.86. The molecule has 0 aromatic carbocycles. The molecule has 0 unspecified atom stereocenters. The molecular weight excluding hydrogens is 314 g/mol. The second-order valence-electron chi connectivity index (χ2n) is 6.86. The van der Waals surface area contributed by atoms with Gasteiger partial charge in [-0.2, -0.15) is 5.10 Å². The van der Waals surface area contributed by atoms with E-state index in [9.17, 15) is 0 Å². The number of anilines is 1. The normalized spacial score (nSPS) is 16.4. The molecule has 0 amide bonds. The van der Waals surface area contributed by atoms with Crippen molar-refractivity contribution < 1.29 is 0 Å². The van der Waals surface area contributed by atoms with Gasteiger partial charge in [-0.1, -0.05) is 12.8 Å². The van der Waals surface area contributed by atoms with Gasteiger partial charge in [0.15, 0.2) is 5.65 Å². The van der Waals surface area contributed by atoms with E-state index in [0.717, 1.165) is 34.8 Å². The Hall–Kier alpha value is -2.57. The zero-order valence-corrected chi connectivity index (χ0v) is 14.7. The van der Waals surface area contributed by atoms with E-state index >= 15 is 0 Å². The number of rotatable bonds is 5. The highest BCUT2D eigenvalue weighted by molar-refractivity contribution is 5.86. The number of hydrogen-bond donors (Lipinski definition) is 1. The molecule has 3 aromatic rings. The minimum absolute atomic E-state index is 0.187. The standard InChI is InChI=1S/C18H23N7/c1-12(9-14-10-19-7-8-20-14)22-17-15-11-21-25(2)18(15)24-16(23-17)13-5-3-4-6-13/h7-8,10-13H,3-6,9H2,1-2H3,(H,22,23,24)/t12-/m1/s1. The zero-order chi connectivity index (χ0) is 17.2. The SMILES string of the molecule is C[C@H](Cc1cnccn1)Nc1nc(C2CCCC2)nc2c1cnn2C. The van der Waals surface area contributed by atoms with E-state index in [1.807, 2.05) is 24.1 Å². The Morgan fingerprint density at radius 1 is 1.20 bits per heavy atom. The smallest absolute Gasteiger partial charge is 0.163 e. The van der Waals surface area contributed by atoms with Crippen LogP contribution < -0.4 is 5.32 Å². The van der Waals surface area contributed by atoms with Crippen LogP contribution in [0.15, 0.2) is 24.8 Å². The summed E-state index contributed by atoms with van der Waals surface area (Å²) in [5, 5.41) is 8.87. The maximum atomic E-state index is 4.87. The van der Waals surface area contributed by atoms with Crippen LogP contribution in [-0.4, -0.2) is 35.8 Å². The predicted molar refractivity (Wildman–Crippen MR) is 96.3 cm³/mol. The van der Waals surface area contributed by atoms with E-state index in [2.05, 4.69) is 27.3 Å². The number of nitrogens with zero attached hydrogens (tertiary/aromatic N) is 6. The number of fused-ring (bicyclic) bond motifs is 1. The van der Waals surface area contributed by atoms with Gasteiger partial charge in [0, 0.05) is 44.0 Å². The first-order valence-corrected chi connectivity index (χ1v) is 8.92. The highest BCUT2D eigenvalue weighted by Crippen LogP contribution is 2.34. The van der Waals surface area contributed by atoms with Gasteiger partial charge in [0.2, 0.25) is 0 Å². The van der Waals surface area contributed by atoms with Crippen molar-refractivity contribution >= 4 is 16.9 Å². The Kier molecular flexibility index (Phi) is 4.29. The molecule has 1 aliphatic carbocycles. The molecule has 1 saturated carbocycles. The van der Waals surface area contributed by atoms with Crippen LogP contribution in [0.4, 0.5) is 5.82 Å². The van der Waals surface area contributed by atoms with Crippen molar-refractivity contribution in [2.75, 3.05) is 5.32 Å². The maximum absolute atomic E-state index is 4.87. The molecule has 0 aliphatic heterocycles. The second kappa shape index (κ2) is 6.74. The lowest BCUT2D eigenvalue weighted by molar-refractivity contribution is 0.665. The summed E-state index contributed by atoms with van der Waals surface area (Å²) in [5.41, 5.74) is 1.86. The average Bonchev–Trinajstić information content (AvgIpc) is 3.26. The quantitative estimate of drug-likeness (QED) is 0.771. The topological polar surface area (TPSA) is 81.4 Å². The minimum atomic E-state index is 0.187. The molecule has 0 spiro atoms. The highest BCUT2D eigenvalue weighted by atomic mass is 15.3. The zero-order valence-electron chi connectivity index (χ0n) is 14.7. The molecule has 4 rings (SSSR count). The van der Waals surface area contributed by atoms with Crippen LogP contribution in [0.5, 0.6) is 0 Å². The van der Waals surface area contributed by atoms with Crippen LogP contribution in [0.2, 0.25) is 0 Å². The van der Waals surface area contributed by atoms with E-state index in [4.69, 9.17) is 9.97 Å². The van der Waals surface area contributed by atoms with Crippen LogP contribution >= 0.6 is 0 Å². The van der Waals surface area contributed by atoms with E-state index in [1.165, 1.54) is 25.7 Å². The number of aromatic nitrogens is 6. The van der Waals surface area contributed by atoms with Crippen molar-refractivity contribution in [3.63, 3.8) is 0 Å². The van der Waals surface area contributed by atoms with Crippen molar-refractivity contribution in [3.05, 3.63) is 36.3 Å². The summed E-state index contributed by atoms with van der Waals surface area (Å²) < 4.78 is 1.83. The number of hydrogen-bond acceptors (Lipinski definition) is 6. The average molecular weight is 337 g/mol. The van der Waals surface area contributed by atoms with Crippen LogP contribution in [0.1, 0.15) is 50.0 Å². The lowest BCUT2D eigenvalue weighted by Crippen LogP contribution is -2.20. The molecule has 3 heterocycles. The molecule has 1 fully saturated rings. The fourth-order valence-electron chi connectivity index (χ4n) is 3.55. The van der Waals surface area contributed by atoms with Gasteiger partial charge in [0.05, 0.1) is 17.3 Å². The monoisotopic (exact) mass is 337 g/mol. The molecule has 0 bridgehead atoms. The van der Waals surface area contributed by atoms with Gasteiger partial charge < -0.3 is 5.32 Å². The molecule has 25 heavy (non-hydrogen) atoms. The molecular formula is C18H23N7. The van der Waals surface area contributed by atoms with Gasteiger partial charge in [-0.05, 0) is 19.8 Å². The lowest BCUT2D eigenvalue weighted by Gasteiger charge is -2.16. The number of aryl methyl sites for hydroxylation is 1. The highest BCUT2D eigenvalue weighted by Gasteiger charge is 2.23. The van der Waals surface area contributed by atoms with Gasteiger partial charge in [-0.15, -0.1) is 0 Å². The van der Waals surface area contributed by atoms with Gasteiger partial charge in [0.1, 0.15) is 11.6 Å². The number of nitrogens with one attached hydrogen (secondary N) is 1. The third-order valence-electron chi connectivity index (χ3n) is 4.84. The van der Waals surface area contributed by atoms with Crippen molar-refractivity contribution in [2.45, 2.75) is 51.0 Å². The van der Waals surface area contributed by atoms with Crippen molar-refractivity contribution in [2.24, 2.45) is 7.05 Å². The lowest BCUT2D eigenvalue weighted by atomic mass is 10.1. The molecule has 1 aliphatic rings. The summed E-state index contributed by atoms with van der Waals surface area (Å²) >= 11 is 0. The molecule has 0 radical (unpaired) electrons. The summed E-state index contributed by atoms with van der Waals surface area (Å²) in [7, 11) is 1.93. The molecule has 7 nitrogen and oxygen atoms in total. The Labute approximate surface area is 146 Å². The Morgan fingerprint density at radius 3 is 2.80 bits per heavy atom. The van der Waals surface area contributed by atoms with Gasteiger partial charge in [-0.25, -0.2) is 9.97 Å². The third-order valence-corrected chi connectivity index (χ3v) is 4.84. The molecule has 3 aromatic heterocycles. The third kappa shape index (κ3) is 3.31. The summed E-state index contributed by atoms with van der Waals surface area (Å²) in [6.45, 7) is 2.13. The maximum Gasteiger partial charge on any atom is 0.163 e. The molecule has 0 saturated heterocycles. The first-order valence-electron chi connectivity index (χ1n) is 8.92. The molecule has 7 heteroatoms. The van der Waals surface area contributed by atoms with Crippen LogP contribution in [0.25, 0.3) is 11.0 Å². The van der Waals surface area contributed by atoms with E-state index in [0.29, 0.717) is 5.92 Å². The van der Waals surface area contributed by atoms with Crippen LogP contribution in [-0.2, 0) is 13.5 Å². The largest absolute Gasteiger partial charge is 0.367 e. The van der Waals surface area contributed by atoms with Crippen molar-refractivity contribution in [1.82, 2.24) is 29.7 Å².